The summed E-state index contributed by atoms with van der Waals surface area (Å²) in [6.45, 7) is 6.70. The lowest BCUT2D eigenvalue weighted by molar-refractivity contribution is -0.139. The summed E-state index contributed by atoms with van der Waals surface area (Å²) in [7, 11) is 0. The number of nitrogens with zero attached hydrogens (tertiary/aromatic N) is 3. The van der Waals surface area contributed by atoms with Gasteiger partial charge in [0.05, 0.1) is 18.3 Å². The van der Waals surface area contributed by atoms with Crippen LogP contribution in [0, 0.1) is 6.92 Å². The lowest BCUT2D eigenvalue weighted by Crippen LogP contribution is -2.42. The number of carbonyl (C=O) groups excluding carboxylic acids is 2. The van der Waals surface area contributed by atoms with E-state index < -0.39 is 6.10 Å². The van der Waals surface area contributed by atoms with E-state index in [1.54, 1.807) is 16.7 Å². The molecule has 2 aliphatic rings. The Balaban J connectivity index is 1.54. The highest BCUT2D eigenvalue weighted by Crippen LogP contribution is 2.31. The standard InChI is InChI=1S/C23H28N4O4/c1-14-6-8-17(9-7-14)31-15(2)23(30)27-11-4-5-20(27)21-24-19-13-26(16(3)28)12-10-18(19)22(29)25-21/h6-9,15,20H,4-5,10-13H2,1-3H3,(H,24,25,29)/t15-,20-/m1/s1. The second-order valence-electron chi connectivity index (χ2n) is 8.33. The molecule has 0 aliphatic carbocycles. The van der Waals surface area contributed by atoms with E-state index in [0.29, 0.717) is 48.9 Å². The summed E-state index contributed by atoms with van der Waals surface area (Å²) < 4.78 is 5.85. The molecule has 0 unspecified atom stereocenters. The van der Waals surface area contributed by atoms with Gasteiger partial charge in [-0.15, -0.1) is 0 Å². The van der Waals surface area contributed by atoms with Gasteiger partial charge in [-0.3, -0.25) is 14.4 Å². The van der Waals surface area contributed by atoms with Gasteiger partial charge in [0, 0.05) is 25.6 Å². The van der Waals surface area contributed by atoms with Gasteiger partial charge >= 0.3 is 0 Å². The Hall–Kier alpha value is -3.16. The van der Waals surface area contributed by atoms with Crippen LogP contribution >= 0.6 is 0 Å². The predicted octanol–water partition coefficient (Wildman–Crippen LogP) is 2.11. The number of fused-ring (bicyclic) bond motifs is 1. The quantitative estimate of drug-likeness (QED) is 0.811. The second kappa shape index (κ2) is 8.53. The third-order valence-electron chi connectivity index (χ3n) is 6.07. The van der Waals surface area contributed by atoms with Crippen molar-refractivity contribution in [1.82, 2.24) is 19.8 Å². The summed E-state index contributed by atoms with van der Waals surface area (Å²) in [4.78, 5) is 48.6. The molecule has 8 heteroatoms. The van der Waals surface area contributed by atoms with E-state index in [1.807, 2.05) is 31.2 Å². The van der Waals surface area contributed by atoms with Crippen molar-refractivity contribution in [3.63, 3.8) is 0 Å². The van der Waals surface area contributed by atoms with Gasteiger partial charge in [0.1, 0.15) is 11.6 Å². The molecule has 0 spiro atoms. The van der Waals surface area contributed by atoms with Crippen LogP contribution in [0.1, 0.15) is 55.4 Å². The molecule has 2 amide bonds. The van der Waals surface area contributed by atoms with Crippen molar-refractivity contribution in [3.8, 4) is 5.75 Å². The normalized spacial score (nSPS) is 19.1. The first-order valence-corrected chi connectivity index (χ1v) is 10.7. The minimum Gasteiger partial charge on any atom is -0.481 e. The zero-order valence-electron chi connectivity index (χ0n) is 18.2. The van der Waals surface area contributed by atoms with Crippen molar-refractivity contribution in [1.29, 1.82) is 0 Å². The lowest BCUT2D eigenvalue weighted by atomic mass is 10.1. The number of hydrogen-bond donors (Lipinski definition) is 1. The van der Waals surface area contributed by atoms with Gasteiger partial charge in [0.15, 0.2) is 6.10 Å². The number of rotatable bonds is 4. The van der Waals surface area contributed by atoms with Gasteiger partial charge in [-0.1, -0.05) is 17.7 Å². The first-order valence-electron chi connectivity index (χ1n) is 10.7. The Morgan fingerprint density at radius 3 is 2.68 bits per heavy atom. The number of amides is 2. The molecule has 0 bridgehead atoms. The molecule has 2 aromatic rings. The van der Waals surface area contributed by atoms with Crippen molar-refractivity contribution in [2.45, 2.75) is 58.7 Å². The highest BCUT2D eigenvalue weighted by Gasteiger charge is 2.35. The van der Waals surface area contributed by atoms with Crippen LogP contribution in [0.2, 0.25) is 0 Å². The Morgan fingerprint density at radius 1 is 1.23 bits per heavy atom. The first-order chi connectivity index (χ1) is 14.8. The van der Waals surface area contributed by atoms with E-state index >= 15 is 0 Å². The van der Waals surface area contributed by atoms with Crippen molar-refractivity contribution < 1.29 is 14.3 Å². The summed E-state index contributed by atoms with van der Waals surface area (Å²) in [5.41, 5.74) is 2.21. The fourth-order valence-electron chi connectivity index (χ4n) is 4.31. The van der Waals surface area contributed by atoms with Crippen molar-refractivity contribution >= 4 is 11.8 Å². The SMILES string of the molecule is CC(=O)N1CCc2c(nc([C@H]3CCCN3C(=O)[C@@H](C)Oc3ccc(C)cc3)[nH]c2=O)C1. The van der Waals surface area contributed by atoms with Crippen molar-refractivity contribution in [2.75, 3.05) is 13.1 Å². The monoisotopic (exact) mass is 424 g/mol. The van der Waals surface area contributed by atoms with E-state index in [4.69, 9.17) is 9.72 Å². The van der Waals surface area contributed by atoms with Crippen LogP contribution < -0.4 is 10.3 Å². The van der Waals surface area contributed by atoms with Crippen molar-refractivity contribution in [2.24, 2.45) is 0 Å². The smallest absolute Gasteiger partial charge is 0.263 e. The number of nitrogens with one attached hydrogen (secondary N) is 1. The zero-order chi connectivity index (χ0) is 22.1. The first kappa shape index (κ1) is 21.1. The van der Waals surface area contributed by atoms with Crippen LogP contribution in [-0.2, 0) is 22.6 Å². The number of H-pyrrole nitrogens is 1. The van der Waals surface area contributed by atoms with Crippen molar-refractivity contribution in [3.05, 3.63) is 57.3 Å². The van der Waals surface area contributed by atoms with Gasteiger partial charge in [-0.2, -0.15) is 0 Å². The Kier molecular flexibility index (Phi) is 5.80. The molecule has 0 radical (unpaired) electrons. The number of aryl methyl sites for hydroxylation is 1. The summed E-state index contributed by atoms with van der Waals surface area (Å²) in [5, 5.41) is 0. The maximum atomic E-state index is 13.1. The number of benzene rings is 1. The number of ether oxygens (including phenoxy) is 1. The highest BCUT2D eigenvalue weighted by atomic mass is 16.5. The number of likely N-dealkylation sites (tertiary alicyclic amines) is 1. The summed E-state index contributed by atoms with van der Waals surface area (Å²) >= 11 is 0. The summed E-state index contributed by atoms with van der Waals surface area (Å²) in [6.07, 6.45) is 1.39. The van der Waals surface area contributed by atoms with Crippen LogP contribution in [-0.4, -0.2) is 50.8 Å². The minimum atomic E-state index is -0.652. The van der Waals surface area contributed by atoms with E-state index in [-0.39, 0.29) is 23.4 Å². The summed E-state index contributed by atoms with van der Waals surface area (Å²) in [5.74, 6) is 0.970. The fraction of sp³-hybridized carbons (Fsp3) is 0.478. The van der Waals surface area contributed by atoms with Crippen LogP contribution in [0.25, 0.3) is 0 Å². The minimum absolute atomic E-state index is 0.0333. The molecule has 1 fully saturated rings. The third kappa shape index (κ3) is 4.33. The van der Waals surface area contributed by atoms with Crippen LogP contribution in [0.4, 0.5) is 0 Å². The Bertz CT molecular complexity index is 1050. The Labute approximate surface area is 181 Å². The molecule has 8 nitrogen and oxygen atoms in total. The molecule has 1 saturated heterocycles. The Morgan fingerprint density at radius 2 is 1.97 bits per heavy atom. The van der Waals surface area contributed by atoms with Gasteiger partial charge in [-0.05, 0) is 45.2 Å². The van der Waals surface area contributed by atoms with Crippen LogP contribution in [0.5, 0.6) is 5.75 Å². The number of aromatic nitrogens is 2. The molecule has 2 atom stereocenters. The molecule has 164 valence electrons. The topological polar surface area (TPSA) is 95.6 Å². The number of carbonyl (C=O) groups is 2. The molecule has 1 N–H and O–H groups in total. The number of aromatic amines is 1. The molecule has 1 aromatic carbocycles. The van der Waals surface area contributed by atoms with E-state index in [9.17, 15) is 14.4 Å². The molecule has 3 heterocycles. The molecule has 31 heavy (non-hydrogen) atoms. The van der Waals surface area contributed by atoms with E-state index in [2.05, 4.69) is 4.98 Å². The molecular weight excluding hydrogens is 396 g/mol. The molecule has 2 aliphatic heterocycles. The molecule has 1 aromatic heterocycles. The molecule has 0 saturated carbocycles. The second-order valence-corrected chi connectivity index (χ2v) is 8.33. The van der Waals surface area contributed by atoms with Gasteiger partial charge in [-0.25, -0.2) is 4.98 Å². The van der Waals surface area contributed by atoms with Crippen LogP contribution in [0.3, 0.4) is 0 Å². The average molecular weight is 425 g/mol. The predicted molar refractivity (Wildman–Crippen MR) is 115 cm³/mol. The highest BCUT2D eigenvalue weighted by molar-refractivity contribution is 5.81. The molecule has 4 rings (SSSR count). The average Bonchev–Trinajstić information content (AvgIpc) is 3.24. The molecular formula is C23H28N4O4. The van der Waals surface area contributed by atoms with Gasteiger partial charge in [0.2, 0.25) is 5.91 Å². The lowest BCUT2D eigenvalue weighted by Gasteiger charge is -2.29. The third-order valence-corrected chi connectivity index (χ3v) is 6.07. The van der Waals surface area contributed by atoms with E-state index in [0.717, 1.165) is 18.4 Å². The number of hydrogen-bond acceptors (Lipinski definition) is 5. The fourth-order valence-corrected chi connectivity index (χ4v) is 4.31. The zero-order valence-corrected chi connectivity index (χ0v) is 18.2. The largest absolute Gasteiger partial charge is 0.481 e. The van der Waals surface area contributed by atoms with Gasteiger partial charge < -0.3 is 19.5 Å². The van der Waals surface area contributed by atoms with Crippen LogP contribution in [0.15, 0.2) is 29.1 Å². The maximum Gasteiger partial charge on any atom is 0.263 e. The van der Waals surface area contributed by atoms with Gasteiger partial charge in [0.25, 0.3) is 11.5 Å². The maximum absolute atomic E-state index is 13.1. The summed E-state index contributed by atoms with van der Waals surface area (Å²) in [6, 6.07) is 7.28. The van der Waals surface area contributed by atoms with E-state index in [1.165, 1.54) is 6.92 Å².